The molecule has 0 saturated carbocycles. The van der Waals surface area contributed by atoms with Crippen LogP contribution in [0.25, 0.3) is 0 Å². The van der Waals surface area contributed by atoms with Crippen molar-refractivity contribution in [2.45, 2.75) is 4.90 Å². The number of nitrogens with zero attached hydrogens (tertiary/aromatic N) is 1. The Bertz CT molecular complexity index is 705. The first-order chi connectivity index (χ1) is 8.88. The summed E-state index contributed by atoms with van der Waals surface area (Å²) in [7, 11) is -3.75. The predicted octanol–water partition coefficient (Wildman–Crippen LogP) is 3.55. The van der Waals surface area contributed by atoms with Gasteiger partial charge in [0.05, 0.1) is 11.9 Å². The Kier molecular flexibility index (Phi) is 4.22. The average Bonchev–Trinajstić information content (AvgIpc) is 2.31. The number of pyridine rings is 1. The molecular formula is C11H7Br2FN2O2S. The molecule has 2 aromatic rings. The van der Waals surface area contributed by atoms with E-state index in [1.165, 1.54) is 12.1 Å². The highest BCUT2D eigenvalue weighted by molar-refractivity contribution is 9.11. The van der Waals surface area contributed by atoms with Crippen molar-refractivity contribution in [1.29, 1.82) is 0 Å². The lowest BCUT2D eigenvalue weighted by Gasteiger charge is -2.09. The second-order valence-corrected chi connectivity index (χ2v) is 6.97. The number of hydrogen-bond donors (Lipinski definition) is 1. The zero-order chi connectivity index (χ0) is 14.0. The fourth-order valence-electron chi connectivity index (χ4n) is 1.34. The summed E-state index contributed by atoms with van der Waals surface area (Å²) in [6.45, 7) is 0. The lowest BCUT2D eigenvalue weighted by Crippen LogP contribution is -2.13. The number of halogens is 3. The van der Waals surface area contributed by atoms with E-state index in [2.05, 4.69) is 41.6 Å². The standard InChI is InChI=1S/C11H7Br2FN2O2S/c12-7-1-3-10(9(13)5-7)19(17,18)16-8-2-4-11(14)15-6-8/h1-6,16H. The van der Waals surface area contributed by atoms with Gasteiger partial charge in [-0.2, -0.15) is 4.39 Å². The molecule has 1 aromatic carbocycles. The van der Waals surface area contributed by atoms with Gasteiger partial charge >= 0.3 is 0 Å². The highest BCUT2D eigenvalue weighted by atomic mass is 79.9. The van der Waals surface area contributed by atoms with Crippen LogP contribution in [0.2, 0.25) is 0 Å². The van der Waals surface area contributed by atoms with E-state index in [9.17, 15) is 12.8 Å². The van der Waals surface area contributed by atoms with Gasteiger partial charge in [0.1, 0.15) is 4.90 Å². The second-order valence-electron chi connectivity index (χ2n) is 3.55. The summed E-state index contributed by atoms with van der Waals surface area (Å²) in [6, 6.07) is 7.06. The molecule has 0 spiro atoms. The molecule has 0 amide bonds. The van der Waals surface area contributed by atoms with Crippen LogP contribution in [0.3, 0.4) is 0 Å². The summed E-state index contributed by atoms with van der Waals surface area (Å²) >= 11 is 6.42. The first-order valence-corrected chi connectivity index (χ1v) is 8.05. The van der Waals surface area contributed by atoms with Gasteiger partial charge in [-0.25, -0.2) is 13.4 Å². The molecule has 8 heteroatoms. The summed E-state index contributed by atoms with van der Waals surface area (Å²) in [5.41, 5.74) is 0.191. The number of anilines is 1. The fourth-order valence-corrected chi connectivity index (χ4v) is 4.13. The van der Waals surface area contributed by atoms with Crippen LogP contribution in [0, 0.1) is 5.95 Å². The van der Waals surface area contributed by atoms with Crippen molar-refractivity contribution >= 4 is 47.6 Å². The van der Waals surface area contributed by atoms with Gasteiger partial charge in [-0.1, -0.05) is 15.9 Å². The zero-order valence-corrected chi connectivity index (χ0v) is 13.3. The van der Waals surface area contributed by atoms with Crippen molar-refractivity contribution in [3.05, 3.63) is 51.4 Å². The van der Waals surface area contributed by atoms with Crippen LogP contribution in [0.1, 0.15) is 0 Å². The molecule has 0 aliphatic rings. The summed E-state index contributed by atoms with van der Waals surface area (Å²) in [4.78, 5) is 3.46. The van der Waals surface area contributed by atoms with Crippen LogP contribution >= 0.6 is 31.9 Å². The number of benzene rings is 1. The van der Waals surface area contributed by atoms with Crippen molar-refractivity contribution in [2.75, 3.05) is 4.72 Å². The Morgan fingerprint density at radius 3 is 2.47 bits per heavy atom. The van der Waals surface area contributed by atoms with Gasteiger partial charge in [0, 0.05) is 8.95 Å². The topological polar surface area (TPSA) is 59.1 Å². The van der Waals surface area contributed by atoms with Crippen LogP contribution in [-0.2, 0) is 10.0 Å². The van der Waals surface area contributed by atoms with E-state index < -0.39 is 16.0 Å². The molecular weight excluding hydrogens is 403 g/mol. The first-order valence-electron chi connectivity index (χ1n) is 4.98. The molecule has 19 heavy (non-hydrogen) atoms. The fraction of sp³-hybridized carbons (Fsp3) is 0. The quantitative estimate of drug-likeness (QED) is 0.788. The minimum atomic E-state index is -3.75. The highest BCUT2D eigenvalue weighted by Crippen LogP contribution is 2.27. The molecule has 0 unspecified atom stereocenters. The second kappa shape index (κ2) is 5.56. The number of hydrogen-bond acceptors (Lipinski definition) is 3. The van der Waals surface area contributed by atoms with Crippen molar-refractivity contribution in [2.24, 2.45) is 0 Å². The van der Waals surface area contributed by atoms with Gasteiger partial charge in [-0.05, 0) is 46.3 Å². The molecule has 2 rings (SSSR count). The van der Waals surface area contributed by atoms with E-state index >= 15 is 0 Å². The Balaban J connectivity index is 2.35. The maximum absolute atomic E-state index is 12.6. The highest BCUT2D eigenvalue weighted by Gasteiger charge is 2.18. The van der Waals surface area contributed by atoms with Gasteiger partial charge in [0.15, 0.2) is 0 Å². The smallest absolute Gasteiger partial charge is 0.263 e. The molecule has 0 fully saturated rings. The molecule has 0 aliphatic heterocycles. The number of aromatic nitrogens is 1. The van der Waals surface area contributed by atoms with E-state index in [1.807, 2.05) is 0 Å². The van der Waals surface area contributed by atoms with E-state index in [4.69, 9.17) is 0 Å². The molecule has 0 atom stereocenters. The minimum absolute atomic E-state index is 0.0834. The third-order valence-corrected chi connectivity index (χ3v) is 5.01. The molecule has 1 N–H and O–H groups in total. The van der Waals surface area contributed by atoms with Gasteiger partial charge in [-0.3, -0.25) is 4.72 Å². The summed E-state index contributed by atoms with van der Waals surface area (Å²) in [6.07, 6.45) is 1.11. The molecule has 1 heterocycles. The van der Waals surface area contributed by atoms with Crippen molar-refractivity contribution in [1.82, 2.24) is 4.98 Å². The Morgan fingerprint density at radius 1 is 1.16 bits per heavy atom. The third-order valence-electron chi connectivity index (χ3n) is 2.16. The lowest BCUT2D eigenvalue weighted by molar-refractivity contribution is 0.583. The van der Waals surface area contributed by atoms with E-state index in [1.54, 1.807) is 12.1 Å². The molecule has 0 bridgehead atoms. The molecule has 1 aromatic heterocycles. The third kappa shape index (κ3) is 3.52. The molecule has 4 nitrogen and oxygen atoms in total. The van der Waals surface area contributed by atoms with Crippen LogP contribution in [-0.4, -0.2) is 13.4 Å². The van der Waals surface area contributed by atoms with Gasteiger partial charge in [0.2, 0.25) is 5.95 Å². The molecule has 0 radical (unpaired) electrons. The van der Waals surface area contributed by atoms with E-state index in [0.29, 0.717) is 4.47 Å². The van der Waals surface area contributed by atoms with Gasteiger partial charge in [0.25, 0.3) is 10.0 Å². The monoisotopic (exact) mass is 408 g/mol. The number of rotatable bonds is 3. The average molecular weight is 410 g/mol. The summed E-state index contributed by atoms with van der Waals surface area (Å²) in [5, 5.41) is 0. The lowest BCUT2D eigenvalue weighted by atomic mass is 10.4. The summed E-state index contributed by atoms with van der Waals surface area (Å²) in [5.74, 6) is -0.673. The molecule has 100 valence electrons. The minimum Gasteiger partial charge on any atom is -0.278 e. The largest absolute Gasteiger partial charge is 0.278 e. The number of nitrogens with one attached hydrogen (secondary N) is 1. The van der Waals surface area contributed by atoms with Crippen LogP contribution in [0.4, 0.5) is 10.1 Å². The first kappa shape index (κ1) is 14.4. The van der Waals surface area contributed by atoms with Crippen molar-refractivity contribution in [3.63, 3.8) is 0 Å². The maximum atomic E-state index is 12.6. The van der Waals surface area contributed by atoms with E-state index in [0.717, 1.165) is 16.7 Å². The van der Waals surface area contributed by atoms with Crippen molar-refractivity contribution < 1.29 is 12.8 Å². The Morgan fingerprint density at radius 2 is 1.89 bits per heavy atom. The SMILES string of the molecule is O=S(=O)(Nc1ccc(F)nc1)c1ccc(Br)cc1Br. The summed E-state index contributed by atoms with van der Waals surface area (Å²) < 4.78 is 40.4. The maximum Gasteiger partial charge on any atom is 0.263 e. The van der Waals surface area contributed by atoms with Crippen molar-refractivity contribution in [3.8, 4) is 0 Å². The Labute approximate surface area is 126 Å². The van der Waals surface area contributed by atoms with Crippen LogP contribution in [0.15, 0.2) is 50.4 Å². The van der Waals surface area contributed by atoms with E-state index in [-0.39, 0.29) is 10.6 Å². The van der Waals surface area contributed by atoms with Crippen LogP contribution < -0.4 is 4.72 Å². The van der Waals surface area contributed by atoms with Crippen LogP contribution in [0.5, 0.6) is 0 Å². The van der Waals surface area contributed by atoms with Gasteiger partial charge in [-0.15, -0.1) is 0 Å². The Hall–Kier alpha value is -0.990. The predicted molar refractivity (Wildman–Crippen MR) is 76.8 cm³/mol. The zero-order valence-electron chi connectivity index (χ0n) is 9.27. The van der Waals surface area contributed by atoms with Gasteiger partial charge < -0.3 is 0 Å². The molecule has 0 aliphatic carbocycles. The normalized spacial score (nSPS) is 11.3. The molecule has 0 saturated heterocycles. The number of sulfonamides is 1.